The SMILES string of the molecule is CCCC1COCCN1C(=O)Nc1cc(C(=O)OC)cc(C(=O)OC)c1. The topological polar surface area (TPSA) is 94.2 Å². The lowest BCUT2D eigenvalue weighted by molar-refractivity contribution is 0.0125. The molecule has 26 heavy (non-hydrogen) atoms. The molecule has 0 spiro atoms. The summed E-state index contributed by atoms with van der Waals surface area (Å²) in [5, 5.41) is 2.75. The van der Waals surface area contributed by atoms with Crippen molar-refractivity contribution in [3.63, 3.8) is 0 Å². The molecule has 0 aliphatic carbocycles. The average molecular weight is 364 g/mol. The van der Waals surface area contributed by atoms with Crippen molar-refractivity contribution in [2.75, 3.05) is 39.3 Å². The number of nitrogens with one attached hydrogen (secondary N) is 1. The Morgan fingerprint density at radius 3 is 2.31 bits per heavy atom. The molecule has 1 N–H and O–H groups in total. The van der Waals surface area contributed by atoms with Crippen LogP contribution in [0.4, 0.5) is 10.5 Å². The maximum Gasteiger partial charge on any atom is 0.337 e. The first kappa shape index (κ1) is 19.7. The molecular weight excluding hydrogens is 340 g/mol. The van der Waals surface area contributed by atoms with Crippen LogP contribution >= 0.6 is 0 Å². The van der Waals surface area contributed by atoms with Crippen molar-refractivity contribution < 1.29 is 28.6 Å². The normalized spacial score (nSPS) is 16.7. The Morgan fingerprint density at radius 2 is 1.77 bits per heavy atom. The second-order valence-corrected chi connectivity index (χ2v) is 5.92. The lowest BCUT2D eigenvalue weighted by atomic mass is 10.1. The van der Waals surface area contributed by atoms with Gasteiger partial charge in [-0.3, -0.25) is 0 Å². The quantitative estimate of drug-likeness (QED) is 0.806. The molecule has 0 saturated carbocycles. The number of carbonyl (C=O) groups is 3. The number of esters is 2. The molecule has 1 aromatic rings. The smallest absolute Gasteiger partial charge is 0.337 e. The van der Waals surface area contributed by atoms with Crippen molar-refractivity contribution in [1.29, 1.82) is 0 Å². The van der Waals surface area contributed by atoms with Crippen LogP contribution in [-0.2, 0) is 14.2 Å². The third-order valence-electron chi connectivity index (χ3n) is 4.14. The number of rotatable bonds is 5. The van der Waals surface area contributed by atoms with Gasteiger partial charge in [-0.2, -0.15) is 0 Å². The van der Waals surface area contributed by atoms with Gasteiger partial charge in [-0.05, 0) is 24.6 Å². The Labute approximate surface area is 152 Å². The van der Waals surface area contributed by atoms with Gasteiger partial charge in [0.2, 0.25) is 0 Å². The Kier molecular flexibility index (Phi) is 6.97. The number of hydrogen-bond donors (Lipinski definition) is 1. The molecule has 8 nitrogen and oxygen atoms in total. The summed E-state index contributed by atoms with van der Waals surface area (Å²) in [7, 11) is 2.49. The van der Waals surface area contributed by atoms with E-state index in [1.54, 1.807) is 4.90 Å². The lowest BCUT2D eigenvalue weighted by Gasteiger charge is -2.35. The second-order valence-electron chi connectivity index (χ2n) is 5.92. The predicted molar refractivity (Wildman–Crippen MR) is 94.4 cm³/mol. The van der Waals surface area contributed by atoms with E-state index in [1.165, 1.54) is 32.4 Å². The minimum absolute atomic E-state index is 0.00221. The molecule has 2 rings (SSSR count). The summed E-state index contributed by atoms with van der Waals surface area (Å²) in [6.07, 6.45) is 1.77. The van der Waals surface area contributed by atoms with Gasteiger partial charge in [-0.1, -0.05) is 13.3 Å². The molecule has 0 bridgehead atoms. The Bertz CT molecular complexity index is 639. The molecule has 8 heteroatoms. The fourth-order valence-electron chi connectivity index (χ4n) is 2.86. The maximum atomic E-state index is 12.7. The Balaban J connectivity index is 2.24. The number of hydrogen-bond acceptors (Lipinski definition) is 6. The van der Waals surface area contributed by atoms with E-state index in [0.29, 0.717) is 25.4 Å². The van der Waals surface area contributed by atoms with Crippen LogP contribution in [0.1, 0.15) is 40.5 Å². The Hall–Kier alpha value is -2.61. The number of benzene rings is 1. The number of anilines is 1. The molecule has 1 unspecified atom stereocenters. The molecule has 1 heterocycles. The molecule has 1 aromatic carbocycles. The van der Waals surface area contributed by atoms with Crippen molar-refractivity contribution in [2.45, 2.75) is 25.8 Å². The second kappa shape index (κ2) is 9.19. The fraction of sp³-hybridized carbons (Fsp3) is 0.500. The number of carbonyl (C=O) groups excluding carboxylic acids is 3. The van der Waals surface area contributed by atoms with Crippen molar-refractivity contribution in [1.82, 2.24) is 4.90 Å². The van der Waals surface area contributed by atoms with Crippen molar-refractivity contribution in [3.05, 3.63) is 29.3 Å². The highest BCUT2D eigenvalue weighted by atomic mass is 16.5. The van der Waals surface area contributed by atoms with Gasteiger partial charge in [-0.15, -0.1) is 0 Å². The van der Waals surface area contributed by atoms with E-state index in [1.807, 2.05) is 6.92 Å². The highest BCUT2D eigenvalue weighted by Gasteiger charge is 2.27. The molecule has 1 aliphatic rings. The van der Waals surface area contributed by atoms with Gasteiger partial charge in [-0.25, -0.2) is 14.4 Å². The molecule has 1 atom stereocenters. The zero-order valence-corrected chi connectivity index (χ0v) is 15.2. The summed E-state index contributed by atoms with van der Waals surface area (Å²) in [4.78, 5) is 38.1. The zero-order valence-electron chi connectivity index (χ0n) is 15.2. The molecule has 0 aromatic heterocycles. The molecular formula is C18H24N2O6. The lowest BCUT2D eigenvalue weighted by Crippen LogP contribution is -2.50. The molecule has 1 aliphatic heterocycles. The summed E-state index contributed by atoms with van der Waals surface area (Å²) in [5.41, 5.74) is 0.621. The van der Waals surface area contributed by atoms with Crippen LogP contribution in [0.25, 0.3) is 0 Å². The van der Waals surface area contributed by atoms with Crippen LogP contribution in [0.5, 0.6) is 0 Å². The number of amides is 2. The number of morpholine rings is 1. The Morgan fingerprint density at radius 1 is 1.15 bits per heavy atom. The number of ether oxygens (including phenoxy) is 3. The summed E-state index contributed by atoms with van der Waals surface area (Å²) in [6.45, 7) is 3.50. The average Bonchev–Trinajstić information content (AvgIpc) is 2.67. The maximum absolute atomic E-state index is 12.7. The largest absolute Gasteiger partial charge is 0.465 e. The van der Waals surface area contributed by atoms with Crippen LogP contribution in [0.2, 0.25) is 0 Å². The molecule has 142 valence electrons. The van der Waals surface area contributed by atoms with Crippen LogP contribution in [0.15, 0.2) is 18.2 Å². The first-order valence-corrected chi connectivity index (χ1v) is 8.47. The van der Waals surface area contributed by atoms with E-state index >= 15 is 0 Å². The molecule has 0 radical (unpaired) electrons. The van der Waals surface area contributed by atoms with E-state index < -0.39 is 11.9 Å². The van der Waals surface area contributed by atoms with Gasteiger partial charge in [0.25, 0.3) is 0 Å². The molecule has 1 saturated heterocycles. The summed E-state index contributed by atoms with van der Waals surface area (Å²) >= 11 is 0. The summed E-state index contributed by atoms with van der Waals surface area (Å²) in [5.74, 6) is -1.22. The zero-order chi connectivity index (χ0) is 19.1. The molecule has 1 fully saturated rings. The van der Waals surface area contributed by atoms with E-state index in [2.05, 4.69) is 5.32 Å². The molecule has 2 amide bonds. The van der Waals surface area contributed by atoms with Gasteiger partial charge >= 0.3 is 18.0 Å². The third kappa shape index (κ3) is 4.72. The van der Waals surface area contributed by atoms with Gasteiger partial charge in [0.15, 0.2) is 0 Å². The van der Waals surface area contributed by atoms with Crippen LogP contribution < -0.4 is 5.32 Å². The minimum Gasteiger partial charge on any atom is -0.465 e. The van der Waals surface area contributed by atoms with Gasteiger partial charge < -0.3 is 24.4 Å². The third-order valence-corrected chi connectivity index (χ3v) is 4.14. The van der Waals surface area contributed by atoms with E-state index in [0.717, 1.165) is 12.8 Å². The monoisotopic (exact) mass is 364 g/mol. The standard InChI is InChI=1S/C18H24N2O6/c1-4-5-15-11-26-7-6-20(15)18(23)19-14-9-12(16(21)24-2)8-13(10-14)17(22)25-3/h8-10,15H,4-7,11H2,1-3H3,(H,19,23). The highest BCUT2D eigenvalue weighted by molar-refractivity contribution is 5.99. The van der Waals surface area contributed by atoms with E-state index in [9.17, 15) is 14.4 Å². The van der Waals surface area contributed by atoms with Crippen molar-refractivity contribution in [3.8, 4) is 0 Å². The van der Waals surface area contributed by atoms with E-state index in [-0.39, 0.29) is 23.2 Å². The van der Waals surface area contributed by atoms with Gasteiger partial charge in [0.05, 0.1) is 44.6 Å². The number of urea groups is 1. The number of nitrogens with zero attached hydrogens (tertiary/aromatic N) is 1. The van der Waals surface area contributed by atoms with Crippen molar-refractivity contribution in [2.24, 2.45) is 0 Å². The predicted octanol–water partition coefficient (Wildman–Crippen LogP) is 2.29. The fourth-order valence-corrected chi connectivity index (χ4v) is 2.86. The van der Waals surface area contributed by atoms with Crippen molar-refractivity contribution >= 4 is 23.7 Å². The van der Waals surface area contributed by atoms with Crippen LogP contribution in [0.3, 0.4) is 0 Å². The first-order chi connectivity index (χ1) is 12.5. The van der Waals surface area contributed by atoms with E-state index in [4.69, 9.17) is 14.2 Å². The minimum atomic E-state index is -0.610. The van der Waals surface area contributed by atoms with Gasteiger partial charge in [0, 0.05) is 12.2 Å². The summed E-state index contributed by atoms with van der Waals surface area (Å²) in [6, 6.07) is 3.99. The highest BCUT2D eigenvalue weighted by Crippen LogP contribution is 2.19. The van der Waals surface area contributed by atoms with Gasteiger partial charge in [0.1, 0.15) is 0 Å². The summed E-state index contributed by atoms with van der Waals surface area (Å²) < 4.78 is 14.8. The number of methoxy groups -OCH3 is 2. The van der Waals surface area contributed by atoms with Crippen LogP contribution in [0, 0.1) is 0 Å². The first-order valence-electron chi connectivity index (χ1n) is 8.47. The van der Waals surface area contributed by atoms with Crippen LogP contribution in [-0.4, -0.2) is 62.9 Å².